The second-order valence-electron chi connectivity index (χ2n) is 6.88. The molecule has 0 saturated heterocycles. The van der Waals surface area contributed by atoms with Crippen molar-refractivity contribution in [3.8, 4) is 0 Å². The van der Waals surface area contributed by atoms with Crippen LogP contribution in [0.4, 0.5) is 11.8 Å². The highest BCUT2D eigenvalue weighted by Gasteiger charge is 2.22. The minimum atomic E-state index is -0.337. The number of benzene rings is 1. The molecule has 0 atom stereocenters. The van der Waals surface area contributed by atoms with E-state index < -0.39 is 0 Å². The Labute approximate surface area is 162 Å². The van der Waals surface area contributed by atoms with E-state index in [0.29, 0.717) is 6.54 Å². The van der Waals surface area contributed by atoms with Gasteiger partial charge in [-0.05, 0) is 36.6 Å². The van der Waals surface area contributed by atoms with Crippen LogP contribution < -0.4 is 16.0 Å². The van der Waals surface area contributed by atoms with Gasteiger partial charge in [-0.15, -0.1) is 0 Å². The normalized spacial score (nSPS) is 12.7. The van der Waals surface area contributed by atoms with Crippen LogP contribution in [0, 0.1) is 13.8 Å². The molecule has 0 unspecified atom stereocenters. The van der Waals surface area contributed by atoms with Crippen molar-refractivity contribution in [3.63, 3.8) is 0 Å². The van der Waals surface area contributed by atoms with E-state index in [2.05, 4.69) is 42.3 Å². The standard InChI is InChI=1S/C20H21N7O/c1-12-7-13(2)26-20(25-12)27-10-15-4-3-14(8-16(15)11-27)9-24-19(28)17-18(21)23-6-5-22-17/h3-8H,9-11H2,1-2H3,(H2,21,23)(H,24,28). The van der Waals surface area contributed by atoms with Crippen LogP contribution >= 0.6 is 0 Å². The smallest absolute Gasteiger partial charge is 0.273 e. The van der Waals surface area contributed by atoms with E-state index in [0.717, 1.165) is 36.0 Å². The van der Waals surface area contributed by atoms with Crippen molar-refractivity contribution in [1.29, 1.82) is 0 Å². The van der Waals surface area contributed by atoms with E-state index in [-0.39, 0.29) is 17.4 Å². The molecule has 0 radical (unpaired) electrons. The topological polar surface area (TPSA) is 110 Å². The molecule has 0 spiro atoms. The first-order chi connectivity index (χ1) is 13.5. The number of nitrogens with zero attached hydrogens (tertiary/aromatic N) is 5. The molecular formula is C20H21N7O. The minimum absolute atomic E-state index is 0.123. The minimum Gasteiger partial charge on any atom is -0.382 e. The molecule has 2 aromatic heterocycles. The Morgan fingerprint density at radius 2 is 1.79 bits per heavy atom. The van der Waals surface area contributed by atoms with Gasteiger partial charge in [0.15, 0.2) is 11.5 Å². The number of nitrogens with one attached hydrogen (secondary N) is 1. The highest BCUT2D eigenvalue weighted by atomic mass is 16.1. The van der Waals surface area contributed by atoms with E-state index in [1.54, 1.807) is 0 Å². The first kappa shape index (κ1) is 17.8. The summed E-state index contributed by atoms with van der Waals surface area (Å²) in [5, 5.41) is 2.85. The van der Waals surface area contributed by atoms with Gasteiger partial charge in [-0.3, -0.25) is 4.79 Å². The molecule has 1 amide bonds. The number of amides is 1. The largest absolute Gasteiger partial charge is 0.382 e. The second kappa shape index (κ2) is 7.22. The lowest BCUT2D eigenvalue weighted by molar-refractivity contribution is 0.0946. The van der Waals surface area contributed by atoms with E-state index in [9.17, 15) is 4.79 Å². The summed E-state index contributed by atoms with van der Waals surface area (Å²) in [6, 6.07) is 8.19. The van der Waals surface area contributed by atoms with Crippen LogP contribution in [0.2, 0.25) is 0 Å². The van der Waals surface area contributed by atoms with Crippen molar-refractivity contribution in [2.75, 3.05) is 10.6 Å². The predicted molar refractivity (Wildman–Crippen MR) is 105 cm³/mol. The third-order valence-electron chi connectivity index (χ3n) is 4.64. The van der Waals surface area contributed by atoms with Gasteiger partial charge in [0.25, 0.3) is 5.91 Å². The zero-order chi connectivity index (χ0) is 19.7. The van der Waals surface area contributed by atoms with Crippen LogP contribution in [0.1, 0.15) is 38.6 Å². The fourth-order valence-corrected chi connectivity index (χ4v) is 3.34. The summed E-state index contributed by atoms with van der Waals surface area (Å²) < 4.78 is 0. The maximum absolute atomic E-state index is 12.3. The monoisotopic (exact) mass is 375 g/mol. The molecule has 0 saturated carbocycles. The maximum atomic E-state index is 12.3. The number of aryl methyl sites for hydroxylation is 2. The second-order valence-corrected chi connectivity index (χ2v) is 6.88. The van der Waals surface area contributed by atoms with Gasteiger partial charge in [0.05, 0.1) is 0 Å². The van der Waals surface area contributed by atoms with Crippen molar-refractivity contribution in [3.05, 3.63) is 70.4 Å². The molecule has 1 aromatic carbocycles. The van der Waals surface area contributed by atoms with Gasteiger partial charge in [0.1, 0.15) is 0 Å². The first-order valence-corrected chi connectivity index (χ1v) is 9.02. The van der Waals surface area contributed by atoms with Crippen LogP contribution in [0.15, 0.2) is 36.7 Å². The van der Waals surface area contributed by atoms with Gasteiger partial charge in [-0.1, -0.05) is 18.2 Å². The Morgan fingerprint density at radius 1 is 1.07 bits per heavy atom. The zero-order valence-corrected chi connectivity index (χ0v) is 15.8. The quantitative estimate of drug-likeness (QED) is 0.717. The summed E-state index contributed by atoms with van der Waals surface area (Å²) in [6.07, 6.45) is 2.90. The number of nitrogens with two attached hydrogens (primary N) is 1. The molecule has 3 aromatic rings. The fraction of sp³-hybridized carbons (Fsp3) is 0.250. The van der Waals surface area contributed by atoms with Crippen molar-refractivity contribution in [2.45, 2.75) is 33.5 Å². The summed E-state index contributed by atoms with van der Waals surface area (Å²) in [4.78, 5) is 31.4. The number of aromatic nitrogens is 4. The number of carbonyl (C=O) groups excluding carboxylic acids is 1. The Kier molecular flexibility index (Phi) is 4.60. The Balaban J connectivity index is 1.45. The molecule has 0 aliphatic carbocycles. The molecule has 142 valence electrons. The highest BCUT2D eigenvalue weighted by Crippen LogP contribution is 2.27. The average molecular weight is 375 g/mol. The van der Waals surface area contributed by atoms with Crippen LogP contribution in [-0.2, 0) is 19.6 Å². The molecule has 4 rings (SSSR count). The van der Waals surface area contributed by atoms with Gasteiger partial charge in [-0.25, -0.2) is 19.9 Å². The maximum Gasteiger partial charge on any atom is 0.273 e. The van der Waals surface area contributed by atoms with Gasteiger partial charge < -0.3 is 16.0 Å². The van der Waals surface area contributed by atoms with Crippen LogP contribution in [0.25, 0.3) is 0 Å². The van der Waals surface area contributed by atoms with Crippen molar-refractivity contribution in [1.82, 2.24) is 25.3 Å². The molecule has 1 aliphatic heterocycles. The lowest BCUT2D eigenvalue weighted by Gasteiger charge is -2.16. The highest BCUT2D eigenvalue weighted by molar-refractivity contribution is 5.96. The Bertz CT molecular complexity index is 1030. The van der Waals surface area contributed by atoms with E-state index >= 15 is 0 Å². The number of hydrogen-bond donors (Lipinski definition) is 2. The molecule has 3 heterocycles. The molecular weight excluding hydrogens is 354 g/mol. The molecule has 0 fully saturated rings. The molecule has 3 N–H and O–H groups in total. The molecule has 28 heavy (non-hydrogen) atoms. The summed E-state index contributed by atoms with van der Waals surface area (Å²) >= 11 is 0. The van der Waals surface area contributed by atoms with E-state index in [1.165, 1.54) is 23.5 Å². The molecule has 0 bridgehead atoms. The third kappa shape index (κ3) is 3.62. The number of carbonyl (C=O) groups is 1. The van der Waals surface area contributed by atoms with Gasteiger partial charge in [0, 0.05) is 43.4 Å². The number of rotatable bonds is 4. The van der Waals surface area contributed by atoms with Crippen LogP contribution in [0.3, 0.4) is 0 Å². The zero-order valence-electron chi connectivity index (χ0n) is 15.8. The average Bonchev–Trinajstić information content (AvgIpc) is 3.09. The number of fused-ring (bicyclic) bond motifs is 1. The number of nitrogen functional groups attached to an aromatic ring is 1. The summed E-state index contributed by atoms with van der Waals surface area (Å²) in [6.45, 7) is 5.87. The first-order valence-electron chi connectivity index (χ1n) is 9.02. The van der Waals surface area contributed by atoms with Crippen LogP contribution in [-0.4, -0.2) is 25.8 Å². The fourth-order valence-electron chi connectivity index (χ4n) is 3.34. The van der Waals surface area contributed by atoms with Crippen molar-refractivity contribution in [2.24, 2.45) is 0 Å². The van der Waals surface area contributed by atoms with Crippen LogP contribution in [0.5, 0.6) is 0 Å². The molecule has 1 aliphatic rings. The Hall–Kier alpha value is -3.55. The SMILES string of the molecule is Cc1cc(C)nc(N2Cc3ccc(CNC(=O)c4nccnc4N)cc3C2)n1. The summed E-state index contributed by atoms with van der Waals surface area (Å²) in [5.41, 5.74) is 11.2. The van der Waals surface area contributed by atoms with Gasteiger partial charge in [-0.2, -0.15) is 0 Å². The predicted octanol–water partition coefficient (Wildman–Crippen LogP) is 1.92. The van der Waals surface area contributed by atoms with Crippen molar-refractivity contribution >= 4 is 17.7 Å². The Morgan fingerprint density at radius 3 is 2.54 bits per heavy atom. The molecule has 8 heteroatoms. The van der Waals surface area contributed by atoms with E-state index in [4.69, 9.17) is 5.73 Å². The van der Waals surface area contributed by atoms with Crippen molar-refractivity contribution < 1.29 is 4.79 Å². The summed E-state index contributed by atoms with van der Waals surface area (Å²) in [5.74, 6) is 0.538. The third-order valence-corrected chi connectivity index (χ3v) is 4.64. The number of hydrogen-bond acceptors (Lipinski definition) is 7. The van der Waals surface area contributed by atoms with Gasteiger partial charge in [0.2, 0.25) is 5.95 Å². The lowest BCUT2D eigenvalue weighted by Crippen LogP contribution is -2.25. The lowest BCUT2D eigenvalue weighted by atomic mass is 10.1. The molecule has 8 nitrogen and oxygen atoms in total. The summed E-state index contributed by atoms with van der Waals surface area (Å²) in [7, 11) is 0. The number of anilines is 2. The van der Waals surface area contributed by atoms with E-state index in [1.807, 2.05) is 26.0 Å². The van der Waals surface area contributed by atoms with Gasteiger partial charge >= 0.3 is 0 Å².